The highest BCUT2D eigenvalue weighted by Crippen LogP contribution is 2.40. The highest BCUT2D eigenvalue weighted by Gasteiger charge is 2.40. The third-order valence-corrected chi connectivity index (χ3v) is 11.6. The number of nitrogens with zero attached hydrogens (tertiary/aromatic N) is 2. The molecule has 1 aliphatic rings. The molecular weight excluding hydrogens is 535 g/mol. The molecule has 2 atom stereocenters. The fourth-order valence-corrected chi connectivity index (χ4v) is 5.36. The lowest BCUT2D eigenvalue weighted by atomic mass is 10.0. The van der Waals surface area contributed by atoms with Crippen LogP contribution in [-0.2, 0) is 10.8 Å². The first-order valence-electron chi connectivity index (χ1n) is 11.0. The molecule has 1 aromatic carbocycles. The van der Waals surface area contributed by atoms with Crippen LogP contribution in [0.2, 0.25) is 18.1 Å². The molecule has 1 aromatic heterocycles. The number of fused-ring (bicyclic) bond motifs is 1. The minimum atomic E-state index is -2.14. The monoisotopic (exact) mass is 568 g/mol. The normalized spacial score (nSPS) is 17.2. The van der Waals surface area contributed by atoms with E-state index in [-0.39, 0.29) is 23.8 Å². The SMILES string of the molecule is CC(C)(C)[Si](C)(C)O[C@@H](CN(C[C@@H]1CCc2cc(I)ccc2O1)C(=O)O)c1cccnc1. The van der Waals surface area contributed by atoms with Crippen molar-refractivity contribution in [1.82, 2.24) is 9.88 Å². The van der Waals surface area contributed by atoms with Crippen molar-refractivity contribution in [3.63, 3.8) is 0 Å². The Morgan fingerprint density at radius 1 is 1.38 bits per heavy atom. The molecule has 0 unspecified atom stereocenters. The van der Waals surface area contributed by atoms with Crippen molar-refractivity contribution in [2.24, 2.45) is 0 Å². The maximum Gasteiger partial charge on any atom is 0.407 e. The molecule has 1 N–H and O–H groups in total. The summed E-state index contributed by atoms with van der Waals surface area (Å²) < 4.78 is 14.0. The molecule has 0 saturated carbocycles. The van der Waals surface area contributed by atoms with Gasteiger partial charge >= 0.3 is 6.09 Å². The van der Waals surface area contributed by atoms with Crippen LogP contribution < -0.4 is 4.74 Å². The van der Waals surface area contributed by atoms with Crippen LogP contribution in [0.3, 0.4) is 0 Å². The number of benzene rings is 1. The van der Waals surface area contributed by atoms with Crippen molar-refractivity contribution in [2.75, 3.05) is 13.1 Å². The minimum absolute atomic E-state index is 0.00914. The van der Waals surface area contributed by atoms with Crippen LogP contribution in [0, 0.1) is 3.57 Å². The Bertz CT molecular complexity index is 933. The van der Waals surface area contributed by atoms with Gasteiger partial charge in [-0.3, -0.25) is 4.98 Å². The summed E-state index contributed by atoms with van der Waals surface area (Å²) in [5.74, 6) is 0.855. The highest BCUT2D eigenvalue weighted by atomic mass is 127. The number of hydrogen-bond acceptors (Lipinski definition) is 4. The fraction of sp³-hybridized carbons (Fsp3) is 0.500. The molecular formula is C24H33IN2O4Si. The first-order chi connectivity index (χ1) is 15.0. The molecule has 1 aliphatic heterocycles. The van der Waals surface area contributed by atoms with Crippen LogP contribution in [0.4, 0.5) is 4.79 Å². The summed E-state index contributed by atoms with van der Waals surface area (Å²) >= 11 is 2.30. The van der Waals surface area contributed by atoms with Gasteiger partial charge in [-0.2, -0.15) is 0 Å². The molecule has 0 bridgehead atoms. The first-order valence-corrected chi connectivity index (χ1v) is 15.0. The molecule has 6 nitrogen and oxygen atoms in total. The van der Waals surface area contributed by atoms with E-state index in [4.69, 9.17) is 9.16 Å². The number of halogens is 1. The molecule has 0 fully saturated rings. The Labute approximate surface area is 205 Å². The Morgan fingerprint density at radius 2 is 2.12 bits per heavy atom. The third kappa shape index (κ3) is 6.23. The quantitative estimate of drug-likeness (QED) is 0.322. The van der Waals surface area contributed by atoms with Gasteiger partial charge in [0.25, 0.3) is 0 Å². The molecule has 2 heterocycles. The van der Waals surface area contributed by atoms with Gasteiger partial charge in [-0.25, -0.2) is 4.79 Å². The summed E-state index contributed by atoms with van der Waals surface area (Å²) in [7, 11) is -2.14. The molecule has 3 rings (SSSR count). The molecule has 32 heavy (non-hydrogen) atoms. The number of aromatic nitrogens is 1. The van der Waals surface area contributed by atoms with E-state index in [0.29, 0.717) is 6.54 Å². The van der Waals surface area contributed by atoms with Gasteiger partial charge in [0.2, 0.25) is 0 Å². The molecule has 0 saturated heterocycles. The second-order valence-corrected chi connectivity index (χ2v) is 15.9. The standard InChI is InChI=1S/C24H33IN2O4Si/c1-24(2,3)32(4,5)31-22(18-7-6-12-26-14-18)16-27(23(28)29)15-20-10-8-17-13-19(25)9-11-21(17)30-20/h6-7,9,11-14,20,22H,8,10,15-16H2,1-5H3,(H,28,29)/t20-,22-/m0/s1. The van der Waals surface area contributed by atoms with Crippen molar-refractivity contribution < 1.29 is 19.1 Å². The number of aryl methyl sites for hydroxylation is 1. The summed E-state index contributed by atoms with van der Waals surface area (Å²) in [6.45, 7) is 11.5. The summed E-state index contributed by atoms with van der Waals surface area (Å²) in [4.78, 5) is 17.9. The molecule has 0 radical (unpaired) electrons. The molecule has 0 spiro atoms. The lowest BCUT2D eigenvalue weighted by Crippen LogP contribution is -2.46. The van der Waals surface area contributed by atoms with E-state index in [1.165, 1.54) is 14.0 Å². The van der Waals surface area contributed by atoms with Crippen LogP contribution >= 0.6 is 22.6 Å². The van der Waals surface area contributed by atoms with E-state index in [1.54, 1.807) is 12.4 Å². The van der Waals surface area contributed by atoms with E-state index in [1.807, 2.05) is 24.3 Å². The molecule has 8 heteroatoms. The third-order valence-electron chi connectivity index (χ3n) is 6.43. The van der Waals surface area contributed by atoms with Crippen molar-refractivity contribution in [2.45, 2.75) is 64.0 Å². The van der Waals surface area contributed by atoms with Gasteiger partial charge in [-0.05, 0) is 89.0 Å². The average Bonchev–Trinajstić information content (AvgIpc) is 2.72. The van der Waals surface area contributed by atoms with Crippen LogP contribution in [-0.4, -0.2) is 48.6 Å². The van der Waals surface area contributed by atoms with E-state index >= 15 is 0 Å². The second-order valence-electron chi connectivity index (χ2n) is 9.87. The number of pyridine rings is 1. The number of hydrogen-bond donors (Lipinski definition) is 1. The van der Waals surface area contributed by atoms with Crippen LogP contribution in [0.25, 0.3) is 0 Å². The Hall–Kier alpha value is -1.65. The van der Waals surface area contributed by atoms with E-state index in [9.17, 15) is 9.90 Å². The zero-order chi connectivity index (χ0) is 23.5. The lowest BCUT2D eigenvalue weighted by molar-refractivity contribution is 0.0688. The Kier molecular flexibility index (Phi) is 7.88. The van der Waals surface area contributed by atoms with Crippen LogP contribution in [0.1, 0.15) is 44.4 Å². The average molecular weight is 569 g/mol. The summed E-state index contributed by atoms with van der Waals surface area (Å²) in [5, 5.41) is 10.0. The van der Waals surface area contributed by atoms with Gasteiger partial charge in [-0.15, -0.1) is 0 Å². The number of carbonyl (C=O) groups is 1. The number of rotatable bonds is 7. The Balaban J connectivity index is 1.78. The second kappa shape index (κ2) is 10.1. The summed E-state index contributed by atoms with van der Waals surface area (Å²) in [5.41, 5.74) is 2.08. The predicted octanol–water partition coefficient (Wildman–Crippen LogP) is 6.12. The number of amides is 1. The van der Waals surface area contributed by atoms with Gasteiger partial charge in [0.1, 0.15) is 11.9 Å². The maximum atomic E-state index is 12.2. The smallest absolute Gasteiger partial charge is 0.407 e. The van der Waals surface area contributed by atoms with E-state index in [0.717, 1.165) is 24.2 Å². The molecule has 1 amide bonds. The molecule has 2 aromatic rings. The van der Waals surface area contributed by atoms with Gasteiger partial charge in [0.15, 0.2) is 8.32 Å². The molecule has 0 aliphatic carbocycles. The van der Waals surface area contributed by atoms with Gasteiger partial charge in [-0.1, -0.05) is 26.8 Å². The molecule has 174 valence electrons. The van der Waals surface area contributed by atoms with Crippen molar-refractivity contribution >= 4 is 37.0 Å². The van der Waals surface area contributed by atoms with Crippen molar-refractivity contribution in [1.29, 1.82) is 0 Å². The van der Waals surface area contributed by atoms with Crippen LogP contribution in [0.15, 0.2) is 42.7 Å². The van der Waals surface area contributed by atoms with Crippen molar-refractivity contribution in [3.05, 3.63) is 57.4 Å². The lowest BCUT2D eigenvalue weighted by Gasteiger charge is -2.40. The van der Waals surface area contributed by atoms with E-state index < -0.39 is 14.4 Å². The van der Waals surface area contributed by atoms with E-state index in [2.05, 4.69) is 67.5 Å². The van der Waals surface area contributed by atoms with Gasteiger partial charge < -0.3 is 19.2 Å². The predicted molar refractivity (Wildman–Crippen MR) is 137 cm³/mol. The van der Waals surface area contributed by atoms with Crippen molar-refractivity contribution in [3.8, 4) is 5.75 Å². The fourth-order valence-electron chi connectivity index (χ4n) is 3.53. The zero-order valence-electron chi connectivity index (χ0n) is 19.5. The van der Waals surface area contributed by atoms with Gasteiger partial charge in [0, 0.05) is 16.0 Å². The summed E-state index contributed by atoms with van der Waals surface area (Å²) in [6.07, 6.45) is 3.64. The Morgan fingerprint density at radius 3 is 2.75 bits per heavy atom. The largest absolute Gasteiger partial charge is 0.488 e. The maximum absolute atomic E-state index is 12.2. The minimum Gasteiger partial charge on any atom is -0.488 e. The summed E-state index contributed by atoms with van der Waals surface area (Å²) in [6, 6.07) is 9.95. The number of carboxylic acid groups (broad SMARTS) is 1. The zero-order valence-corrected chi connectivity index (χ0v) is 22.6. The van der Waals surface area contributed by atoms with Gasteiger partial charge in [0.05, 0.1) is 19.2 Å². The number of ether oxygens (including phenoxy) is 1. The topological polar surface area (TPSA) is 71.9 Å². The van der Waals surface area contributed by atoms with Crippen LogP contribution in [0.5, 0.6) is 5.75 Å². The highest BCUT2D eigenvalue weighted by molar-refractivity contribution is 14.1. The first kappa shape index (κ1) is 25.0.